The Bertz CT molecular complexity index is 483. The first-order valence-electron chi connectivity index (χ1n) is 4.19. The Hall–Kier alpha value is -0.330. The van der Waals surface area contributed by atoms with Crippen LogP contribution >= 0.6 is 47.8 Å². The molecule has 0 atom stereocenters. The minimum Gasteiger partial charge on any atom is -0.478 e. The molecule has 3 N–H and O–H groups in total. The SMILES string of the molecule is C/C(=C/c1c(Br)cc(Br)c(N)c1Br)C(=O)O. The summed E-state index contributed by atoms with van der Waals surface area (Å²) in [5.41, 5.74) is 7.29. The summed E-state index contributed by atoms with van der Waals surface area (Å²) >= 11 is 10.00. The average Bonchev–Trinajstić information content (AvgIpc) is 2.20. The molecule has 16 heavy (non-hydrogen) atoms. The van der Waals surface area contributed by atoms with Crippen molar-refractivity contribution in [2.75, 3.05) is 5.73 Å². The Morgan fingerprint density at radius 3 is 2.44 bits per heavy atom. The standard InChI is InChI=1S/C10H8Br3NO2/c1-4(10(15)16)2-5-6(11)3-7(12)9(14)8(5)13/h2-3H,14H2,1H3,(H,15,16)/b4-2-. The molecule has 0 aliphatic carbocycles. The minimum absolute atomic E-state index is 0.239. The molecule has 0 saturated carbocycles. The van der Waals surface area contributed by atoms with Crippen LogP contribution in [0.3, 0.4) is 0 Å². The van der Waals surface area contributed by atoms with Crippen LogP contribution < -0.4 is 5.73 Å². The van der Waals surface area contributed by atoms with Crippen molar-refractivity contribution in [2.45, 2.75) is 6.92 Å². The highest BCUT2D eigenvalue weighted by atomic mass is 79.9. The average molecular weight is 414 g/mol. The zero-order chi connectivity index (χ0) is 12.5. The van der Waals surface area contributed by atoms with Crippen LogP contribution in [0.4, 0.5) is 5.69 Å². The number of anilines is 1. The topological polar surface area (TPSA) is 63.3 Å². The lowest BCUT2D eigenvalue weighted by molar-refractivity contribution is -0.132. The van der Waals surface area contributed by atoms with Gasteiger partial charge in [0.05, 0.1) is 5.69 Å². The van der Waals surface area contributed by atoms with E-state index in [-0.39, 0.29) is 5.57 Å². The fourth-order valence-electron chi connectivity index (χ4n) is 1.03. The molecular weight excluding hydrogens is 406 g/mol. The van der Waals surface area contributed by atoms with Gasteiger partial charge in [-0.2, -0.15) is 0 Å². The van der Waals surface area contributed by atoms with Crippen molar-refractivity contribution in [1.29, 1.82) is 0 Å². The van der Waals surface area contributed by atoms with Crippen LogP contribution in [0.1, 0.15) is 12.5 Å². The van der Waals surface area contributed by atoms with E-state index >= 15 is 0 Å². The van der Waals surface area contributed by atoms with Crippen molar-refractivity contribution >= 4 is 65.5 Å². The number of rotatable bonds is 2. The summed E-state index contributed by atoms with van der Waals surface area (Å²) in [5, 5.41) is 8.81. The van der Waals surface area contributed by atoms with Gasteiger partial charge in [-0.3, -0.25) is 0 Å². The number of aliphatic carboxylic acids is 1. The number of nitrogen functional groups attached to an aromatic ring is 1. The molecule has 0 aromatic heterocycles. The number of nitrogens with two attached hydrogens (primary N) is 1. The first-order chi connectivity index (χ1) is 7.34. The molecule has 0 radical (unpaired) electrons. The molecule has 0 fully saturated rings. The van der Waals surface area contributed by atoms with Gasteiger partial charge in [0.1, 0.15) is 0 Å². The normalized spacial score (nSPS) is 11.6. The third kappa shape index (κ3) is 2.87. The highest BCUT2D eigenvalue weighted by Crippen LogP contribution is 2.37. The fourth-order valence-corrected chi connectivity index (χ4v) is 3.38. The molecule has 3 nitrogen and oxygen atoms in total. The quantitative estimate of drug-likeness (QED) is 0.568. The molecule has 0 unspecified atom stereocenters. The number of hydrogen-bond acceptors (Lipinski definition) is 2. The van der Waals surface area contributed by atoms with E-state index < -0.39 is 5.97 Å². The van der Waals surface area contributed by atoms with Gasteiger partial charge in [-0.05, 0) is 50.9 Å². The van der Waals surface area contributed by atoms with E-state index in [1.807, 2.05) is 0 Å². The van der Waals surface area contributed by atoms with Gasteiger partial charge in [-0.25, -0.2) is 4.79 Å². The maximum atomic E-state index is 10.7. The van der Waals surface area contributed by atoms with Gasteiger partial charge in [0.15, 0.2) is 0 Å². The third-order valence-corrected chi connectivity index (χ3v) is 4.11. The van der Waals surface area contributed by atoms with Gasteiger partial charge >= 0.3 is 5.97 Å². The highest BCUT2D eigenvalue weighted by Gasteiger charge is 2.11. The summed E-state index contributed by atoms with van der Waals surface area (Å²) in [6.45, 7) is 1.53. The second-order valence-corrected chi connectivity index (χ2v) is 5.62. The third-order valence-electron chi connectivity index (χ3n) is 1.94. The molecule has 1 aromatic rings. The Balaban J connectivity index is 3.41. The lowest BCUT2D eigenvalue weighted by atomic mass is 10.1. The molecule has 86 valence electrons. The summed E-state index contributed by atoms with van der Waals surface area (Å²) in [5.74, 6) is -0.958. The molecule has 0 bridgehead atoms. The first-order valence-corrected chi connectivity index (χ1v) is 6.57. The molecule has 0 aliphatic rings. The summed E-state index contributed by atoms with van der Waals surface area (Å²) in [7, 11) is 0. The fraction of sp³-hybridized carbons (Fsp3) is 0.100. The van der Waals surface area contributed by atoms with Gasteiger partial charge in [-0.1, -0.05) is 15.9 Å². The molecule has 0 aliphatic heterocycles. The number of carboxylic acid groups (broad SMARTS) is 1. The van der Waals surface area contributed by atoms with E-state index in [1.165, 1.54) is 6.92 Å². The second-order valence-electron chi connectivity index (χ2n) is 3.11. The van der Waals surface area contributed by atoms with Crippen LogP contribution in [0.25, 0.3) is 6.08 Å². The summed E-state index contributed by atoms with van der Waals surface area (Å²) in [4.78, 5) is 10.7. The van der Waals surface area contributed by atoms with Crippen molar-refractivity contribution in [3.8, 4) is 0 Å². The van der Waals surface area contributed by atoms with Crippen LogP contribution in [0.5, 0.6) is 0 Å². The van der Waals surface area contributed by atoms with Gasteiger partial charge < -0.3 is 10.8 Å². The van der Waals surface area contributed by atoms with E-state index in [0.717, 1.165) is 8.95 Å². The van der Waals surface area contributed by atoms with Crippen molar-refractivity contribution in [1.82, 2.24) is 0 Å². The second kappa shape index (κ2) is 5.33. The zero-order valence-electron chi connectivity index (χ0n) is 8.22. The Morgan fingerprint density at radius 1 is 1.38 bits per heavy atom. The predicted molar refractivity (Wildman–Crippen MR) is 75.2 cm³/mol. The number of carbonyl (C=O) groups is 1. The van der Waals surface area contributed by atoms with E-state index in [4.69, 9.17) is 10.8 Å². The van der Waals surface area contributed by atoms with Gasteiger partial charge in [0, 0.05) is 24.6 Å². The molecule has 0 amide bonds. The maximum Gasteiger partial charge on any atom is 0.331 e. The number of carboxylic acids is 1. The van der Waals surface area contributed by atoms with Crippen LogP contribution in [-0.2, 0) is 4.79 Å². The molecule has 0 heterocycles. The lowest BCUT2D eigenvalue weighted by Crippen LogP contribution is -1.97. The zero-order valence-corrected chi connectivity index (χ0v) is 13.0. The number of halogens is 3. The van der Waals surface area contributed by atoms with Crippen LogP contribution in [0.2, 0.25) is 0 Å². The summed E-state index contributed by atoms with van der Waals surface area (Å²) in [6, 6.07) is 1.78. The number of hydrogen-bond donors (Lipinski definition) is 2. The molecule has 6 heteroatoms. The van der Waals surface area contributed by atoms with Crippen molar-refractivity contribution in [3.63, 3.8) is 0 Å². The van der Waals surface area contributed by atoms with Crippen molar-refractivity contribution in [3.05, 3.63) is 30.6 Å². The van der Waals surface area contributed by atoms with Gasteiger partial charge in [-0.15, -0.1) is 0 Å². The highest BCUT2D eigenvalue weighted by molar-refractivity contribution is 9.11. The maximum absolute atomic E-state index is 10.7. The van der Waals surface area contributed by atoms with Crippen molar-refractivity contribution in [2.24, 2.45) is 0 Å². The summed E-state index contributed by atoms with van der Waals surface area (Å²) < 4.78 is 2.17. The predicted octanol–water partition coefficient (Wildman–Crippen LogP) is 4.04. The van der Waals surface area contributed by atoms with Crippen LogP contribution in [0, 0.1) is 0 Å². The Morgan fingerprint density at radius 2 is 1.94 bits per heavy atom. The minimum atomic E-state index is -0.958. The largest absolute Gasteiger partial charge is 0.478 e. The van der Waals surface area contributed by atoms with Crippen LogP contribution in [0.15, 0.2) is 25.1 Å². The first kappa shape index (κ1) is 13.7. The monoisotopic (exact) mass is 411 g/mol. The van der Waals surface area contributed by atoms with Gasteiger partial charge in [0.25, 0.3) is 0 Å². The molecule has 1 aromatic carbocycles. The lowest BCUT2D eigenvalue weighted by Gasteiger charge is -2.08. The van der Waals surface area contributed by atoms with Crippen LogP contribution in [-0.4, -0.2) is 11.1 Å². The van der Waals surface area contributed by atoms with Crippen molar-refractivity contribution < 1.29 is 9.90 Å². The molecule has 1 rings (SSSR count). The van der Waals surface area contributed by atoms with E-state index in [2.05, 4.69) is 47.8 Å². The molecule has 0 spiro atoms. The molecule has 0 saturated heterocycles. The Kier molecular flexibility index (Phi) is 4.58. The van der Waals surface area contributed by atoms with E-state index in [0.29, 0.717) is 15.7 Å². The summed E-state index contributed by atoms with van der Waals surface area (Å²) in [6.07, 6.45) is 1.55. The van der Waals surface area contributed by atoms with E-state index in [1.54, 1.807) is 12.1 Å². The molecular formula is C10H8Br3NO2. The smallest absolute Gasteiger partial charge is 0.331 e. The Labute approximate surface area is 118 Å². The van der Waals surface area contributed by atoms with E-state index in [9.17, 15) is 4.79 Å². The van der Waals surface area contributed by atoms with Gasteiger partial charge in [0.2, 0.25) is 0 Å². The number of benzene rings is 1.